The number of Topliss-reactive ketones (excluding diaryl/α,β-unsaturated/α-hetero) is 1. The average Bonchev–Trinajstić information content (AvgIpc) is 2.66. The van der Waals surface area contributed by atoms with E-state index in [0.29, 0.717) is 4.90 Å². The fraction of sp³-hybridized carbons (Fsp3) is 0.444. The number of carbonyl (C=O) groups excluding carboxylic acids is 2. The Morgan fingerprint density at radius 1 is 1.18 bits per heavy atom. The van der Waals surface area contributed by atoms with Crippen molar-refractivity contribution in [2.75, 3.05) is 26.2 Å². The summed E-state index contributed by atoms with van der Waals surface area (Å²) in [6.07, 6.45) is 1.51. The summed E-state index contributed by atoms with van der Waals surface area (Å²) < 4.78 is 0. The molecule has 3 rings (SSSR count). The van der Waals surface area contributed by atoms with E-state index in [2.05, 4.69) is 0 Å². The Kier molecular flexibility index (Phi) is 5.09. The molecule has 0 spiro atoms. The number of aliphatic hydroxyl groups excluding tert-OH is 1. The van der Waals surface area contributed by atoms with Gasteiger partial charge in [-0.1, -0.05) is 30.3 Å². The molecule has 0 radical (unpaired) electrons. The van der Waals surface area contributed by atoms with Gasteiger partial charge < -0.3 is 10.0 Å². The Bertz CT molecular complexity index is 856. The first-order valence-electron chi connectivity index (χ1n) is 8.83. The molecule has 10 heteroatoms. The first-order chi connectivity index (χ1) is 13.3. The fourth-order valence-corrected chi connectivity index (χ4v) is 4.44. The molecule has 1 aromatic rings. The second-order valence-corrected chi connectivity index (χ2v) is 7.25. The van der Waals surface area contributed by atoms with Crippen molar-refractivity contribution in [1.29, 1.82) is 0 Å². The first-order valence-corrected chi connectivity index (χ1v) is 8.83. The van der Waals surface area contributed by atoms with Gasteiger partial charge in [0.25, 0.3) is 5.54 Å². The molecule has 1 aromatic carbocycles. The number of likely N-dealkylation sites (tertiary alicyclic amines) is 1. The molecule has 2 bridgehead atoms. The van der Waals surface area contributed by atoms with Gasteiger partial charge in [0.05, 0.1) is 6.61 Å². The molecule has 2 aliphatic rings. The van der Waals surface area contributed by atoms with Gasteiger partial charge in [0.15, 0.2) is 18.9 Å². The molecule has 0 saturated carbocycles. The lowest BCUT2D eigenvalue weighted by molar-refractivity contribution is -0.943. The average molecular weight is 390 g/mol. The Morgan fingerprint density at radius 2 is 1.86 bits per heavy atom. The summed E-state index contributed by atoms with van der Waals surface area (Å²) in [5.41, 5.74) is -3.94. The maximum Gasteiger partial charge on any atom is 0.340 e. The molecule has 0 amide bonds. The Hall–Kier alpha value is -2.98. The molecule has 1 fully saturated rings. The van der Waals surface area contributed by atoms with Crippen molar-refractivity contribution in [1.82, 2.24) is 0 Å². The molecule has 148 valence electrons. The maximum atomic E-state index is 12.8. The van der Waals surface area contributed by atoms with Gasteiger partial charge in [0.2, 0.25) is 5.78 Å². The molecule has 2 N–H and O–H groups in total. The molecule has 0 aromatic heterocycles. The third-order valence-corrected chi connectivity index (χ3v) is 5.80. The summed E-state index contributed by atoms with van der Waals surface area (Å²) in [4.78, 5) is 48.6. The molecule has 1 unspecified atom stereocenters. The van der Waals surface area contributed by atoms with E-state index in [4.69, 9.17) is 0 Å². The lowest BCUT2D eigenvalue weighted by Crippen LogP contribution is -3.19. The minimum atomic E-state index is -2.28. The van der Waals surface area contributed by atoms with Crippen LogP contribution in [-0.2, 0) is 4.79 Å². The third kappa shape index (κ3) is 2.90. The van der Waals surface area contributed by atoms with E-state index in [0.717, 1.165) is 12.2 Å². The number of rotatable bonds is 7. The monoisotopic (exact) mass is 390 g/mol. The van der Waals surface area contributed by atoms with Crippen molar-refractivity contribution in [3.8, 4) is 0 Å². The highest BCUT2D eigenvalue weighted by molar-refractivity contribution is 6.01. The van der Waals surface area contributed by atoms with E-state index in [1.807, 2.05) is 0 Å². The smallest absolute Gasteiger partial charge is 0.340 e. The van der Waals surface area contributed by atoms with Crippen LogP contribution in [0.15, 0.2) is 42.5 Å². The van der Waals surface area contributed by atoms with E-state index < -0.39 is 44.8 Å². The van der Waals surface area contributed by atoms with E-state index in [9.17, 15) is 34.9 Å². The van der Waals surface area contributed by atoms with Crippen LogP contribution in [0, 0.1) is 26.1 Å². The minimum Gasteiger partial charge on any atom is -0.391 e. The quantitative estimate of drug-likeness (QED) is 0.343. The summed E-state index contributed by atoms with van der Waals surface area (Å²) in [5, 5.41) is 33.4. The summed E-state index contributed by atoms with van der Waals surface area (Å²) in [5.74, 6) is -2.76. The predicted molar refractivity (Wildman–Crippen MR) is 95.1 cm³/mol. The molecule has 28 heavy (non-hydrogen) atoms. The number of quaternary nitrogens is 1. The highest BCUT2D eigenvalue weighted by atomic mass is 16.6. The summed E-state index contributed by atoms with van der Waals surface area (Å²) in [6.45, 7) is -0.757. The van der Waals surface area contributed by atoms with Gasteiger partial charge in [-0.15, -0.1) is 0 Å². The van der Waals surface area contributed by atoms with E-state index in [1.54, 1.807) is 18.2 Å². The number of hydrogen-bond donors (Lipinski definition) is 2. The zero-order valence-electron chi connectivity index (χ0n) is 14.9. The van der Waals surface area contributed by atoms with Gasteiger partial charge in [-0.3, -0.25) is 29.8 Å². The molecule has 1 aliphatic carbocycles. The second kappa shape index (κ2) is 7.21. The van der Waals surface area contributed by atoms with Crippen molar-refractivity contribution >= 4 is 11.6 Å². The van der Waals surface area contributed by atoms with Crippen LogP contribution in [0.25, 0.3) is 0 Å². The first kappa shape index (κ1) is 19.8. The molecule has 1 saturated heterocycles. The van der Waals surface area contributed by atoms with E-state index in [-0.39, 0.29) is 31.8 Å². The number of piperidine rings is 1. The molecular formula is C18H20N3O7+. The Morgan fingerprint density at radius 3 is 2.43 bits per heavy atom. The number of nitrogens with zero attached hydrogens (tertiary/aromatic N) is 2. The third-order valence-electron chi connectivity index (χ3n) is 5.80. The van der Waals surface area contributed by atoms with Crippen LogP contribution in [0.4, 0.5) is 0 Å². The van der Waals surface area contributed by atoms with E-state index >= 15 is 0 Å². The predicted octanol–water partition coefficient (Wildman–Crippen LogP) is -1.06. The topological polar surface area (TPSA) is 145 Å². The lowest BCUT2D eigenvalue weighted by atomic mass is 9.60. The number of aliphatic hydroxyl groups is 1. The standard InChI is InChI=1S/C18H19N3O7/c22-9-8-19-11-17(20(25)26)7-6-16(24)18(12-19,21(27)28)15(17)10-14(23)13-4-2-1-3-5-13/h1-7,15,22H,8-12H2/p+1/t15-,17-,18-/m1/s1. The maximum absolute atomic E-state index is 12.8. The van der Waals surface area contributed by atoms with Crippen molar-refractivity contribution in [3.63, 3.8) is 0 Å². The van der Waals surface area contributed by atoms with E-state index in [1.165, 1.54) is 12.1 Å². The number of nitro groups is 2. The van der Waals surface area contributed by atoms with Crippen molar-refractivity contribution < 1.29 is 29.4 Å². The molecule has 1 heterocycles. The normalized spacial score (nSPS) is 31.4. The van der Waals surface area contributed by atoms with Crippen LogP contribution in [0.2, 0.25) is 0 Å². The molecule has 4 atom stereocenters. The van der Waals surface area contributed by atoms with Crippen molar-refractivity contribution in [2.45, 2.75) is 17.5 Å². The number of hydrogen-bond acceptors (Lipinski definition) is 7. The van der Waals surface area contributed by atoms with Crippen molar-refractivity contribution in [2.24, 2.45) is 5.92 Å². The Balaban J connectivity index is 2.12. The summed E-state index contributed by atoms with van der Waals surface area (Å²) in [6, 6.07) is 8.00. The zero-order valence-corrected chi connectivity index (χ0v) is 14.9. The number of ketones is 2. The van der Waals surface area contributed by atoms with Crippen LogP contribution in [0.3, 0.4) is 0 Å². The largest absolute Gasteiger partial charge is 0.391 e. The zero-order chi connectivity index (χ0) is 20.5. The van der Waals surface area contributed by atoms with Gasteiger partial charge in [0, 0.05) is 27.9 Å². The fourth-order valence-electron chi connectivity index (χ4n) is 4.44. The van der Waals surface area contributed by atoms with Crippen LogP contribution in [0.5, 0.6) is 0 Å². The highest BCUT2D eigenvalue weighted by Crippen LogP contribution is 2.42. The molecule has 1 aliphatic heterocycles. The van der Waals surface area contributed by atoms with Crippen LogP contribution in [0.1, 0.15) is 16.8 Å². The second-order valence-electron chi connectivity index (χ2n) is 7.25. The molecule has 10 nitrogen and oxygen atoms in total. The number of nitrogens with one attached hydrogen (secondary N) is 1. The van der Waals surface area contributed by atoms with Gasteiger partial charge in [-0.05, 0) is 6.08 Å². The van der Waals surface area contributed by atoms with Crippen LogP contribution >= 0.6 is 0 Å². The Labute approximate surface area is 159 Å². The van der Waals surface area contributed by atoms with Crippen LogP contribution in [-0.4, -0.2) is 63.8 Å². The number of fused-ring (bicyclic) bond motifs is 2. The van der Waals surface area contributed by atoms with Gasteiger partial charge in [-0.2, -0.15) is 0 Å². The van der Waals surface area contributed by atoms with Crippen molar-refractivity contribution in [3.05, 3.63) is 68.3 Å². The minimum absolute atomic E-state index is 0.0334. The highest BCUT2D eigenvalue weighted by Gasteiger charge is 2.76. The summed E-state index contributed by atoms with van der Waals surface area (Å²) >= 11 is 0. The van der Waals surface area contributed by atoms with Gasteiger partial charge in [-0.25, -0.2) is 0 Å². The van der Waals surface area contributed by atoms with Gasteiger partial charge >= 0.3 is 5.54 Å². The SMILES string of the molecule is O=C(C[C@H]1[C@]2([N+](=O)[O-])C[NH+](CCO)C[C@]1([N+](=O)[O-])C=CC2=O)c1ccccc1. The van der Waals surface area contributed by atoms with Crippen LogP contribution < -0.4 is 4.90 Å². The number of carbonyl (C=O) groups is 2. The number of benzene rings is 1. The lowest BCUT2D eigenvalue weighted by Gasteiger charge is -2.45. The molecular weight excluding hydrogens is 370 g/mol. The summed E-state index contributed by atoms with van der Waals surface area (Å²) in [7, 11) is 0. The van der Waals surface area contributed by atoms with Gasteiger partial charge in [0.1, 0.15) is 12.5 Å².